The van der Waals surface area contributed by atoms with Crippen molar-refractivity contribution in [2.45, 2.75) is 0 Å². The summed E-state index contributed by atoms with van der Waals surface area (Å²) < 4.78 is 4.33. The smallest absolute Gasteiger partial charge is 0.321 e. The van der Waals surface area contributed by atoms with Crippen LogP contribution in [0.25, 0.3) is 0 Å². The van der Waals surface area contributed by atoms with Crippen molar-refractivity contribution >= 4 is 11.9 Å². The molecule has 0 saturated carbocycles. The Bertz CT molecular complexity index is 313. The van der Waals surface area contributed by atoms with Crippen molar-refractivity contribution in [3.05, 3.63) is 35.4 Å². The number of carbonyl (C=O) groups is 2. The van der Waals surface area contributed by atoms with Gasteiger partial charge in [-0.05, 0) is 11.1 Å². The fraction of sp³-hybridized carbons (Fsp3) is 0. The van der Waals surface area contributed by atoms with E-state index in [-0.39, 0.29) is 32.7 Å². The van der Waals surface area contributed by atoms with Gasteiger partial charge in [-0.1, -0.05) is 0 Å². The van der Waals surface area contributed by atoms with Gasteiger partial charge >= 0.3 is 5.97 Å². The minimum atomic E-state index is -0.582. The van der Waals surface area contributed by atoms with Gasteiger partial charge < -0.3 is 4.74 Å². The second-order valence-corrected chi connectivity index (χ2v) is 2.15. The number of cyclic esters (lactones) is 2. The molecule has 1 heterocycles. The van der Waals surface area contributed by atoms with Gasteiger partial charge in [-0.25, -0.2) is 4.79 Å². The average molecular weight is 236 g/mol. The summed E-state index contributed by atoms with van der Waals surface area (Å²) in [5.41, 5.74) is 0.631. The number of esters is 2. The first-order chi connectivity index (χ1) is 5.29. The summed E-state index contributed by atoms with van der Waals surface area (Å²) in [6.07, 6.45) is 0. The molecule has 12 heavy (non-hydrogen) atoms. The van der Waals surface area contributed by atoms with Crippen LogP contribution in [0.2, 0.25) is 0 Å². The van der Waals surface area contributed by atoms with Crippen molar-refractivity contribution in [3.8, 4) is 0 Å². The summed E-state index contributed by atoms with van der Waals surface area (Å²) in [5.74, 6) is -1.15. The van der Waals surface area contributed by atoms with E-state index in [0.717, 1.165) is 0 Å². The predicted molar refractivity (Wildman–Crippen MR) is 35.0 cm³/mol. The van der Waals surface area contributed by atoms with Crippen LogP contribution in [0.1, 0.15) is 20.7 Å². The first kappa shape index (κ1) is 9.55. The Morgan fingerprint density at radius 1 is 1.17 bits per heavy atom. The molecule has 1 aromatic carbocycles. The van der Waals surface area contributed by atoms with Crippen LogP contribution < -0.4 is 0 Å². The Hall–Kier alpha value is -0.536. The fourth-order valence-electron chi connectivity index (χ4n) is 0.971. The molecule has 0 aromatic heterocycles. The Morgan fingerprint density at radius 3 is 2.50 bits per heavy atom. The van der Waals surface area contributed by atoms with Crippen molar-refractivity contribution in [1.82, 2.24) is 0 Å². The minimum Gasteiger partial charge on any atom is -0.397 e. The number of rotatable bonds is 0. The number of carbonyl (C=O) groups excluding carboxylic acids is 2. The molecule has 0 atom stereocenters. The maximum absolute atomic E-state index is 10.8. The largest absolute Gasteiger partial charge is 0.397 e. The third kappa shape index (κ3) is 1.34. The molecule has 0 N–H and O–H groups in total. The van der Waals surface area contributed by atoms with E-state index in [4.69, 9.17) is 0 Å². The third-order valence-corrected chi connectivity index (χ3v) is 1.49. The van der Waals surface area contributed by atoms with Crippen LogP contribution in [0, 0.1) is 6.07 Å². The van der Waals surface area contributed by atoms with Gasteiger partial charge in [0.05, 0.1) is 0 Å². The second-order valence-electron chi connectivity index (χ2n) is 2.15. The third-order valence-electron chi connectivity index (χ3n) is 1.49. The molecule has 0 aliphatic carbocycles. The molecule has 3 nitrogen and oxygen atoms in total. The standard InChI is InChI=1S/C8H3O3.Y/c9-7-5-3-1-2-4-6(5)8(10)11-7;/h1,3-4H;/q-1;. The topological polar surface area (TPSA) is 43.4 Å². The quantitative estimate of drug-likeness (QED) is 0.380. The van der Waals surface area contributed by atoms with Gasteiger partial charge in [0.15, 0.2) is 0 Å². The van der Waals surface area contributed by atoms with E-state index in [0.29, 0.717) is 11.1 Å². The summed E-state index contributed by atoms with van der Waals surface area (Å²) in [6, 6.07) is 7.22. The second kappa shape index (κ2) is 3.46. The molecule has 2 rings (SSSR count). The summed E-state index contributed by atoms with van der Waals surface area (Å²) in [5, 5.41) is 0. The Morgan fingerprint density at radius 2 is 1.83 bits per heavy atom. The molecule has 0 saturated heterocycles. The first-order valence-corrected chi connectivity index (χ1v) is 3.05. The summed E-state index contributed by atoms with van der Waals surface area (Å²) in [6.45, 7) is 0. The molecule has 0 unspecified atom stereocenters. The molecular weight excluding hydrogens is 233 g/mol. The SMILES string of the molecule is O=C1OC(=O)c2cc[c-]cc21.[Y]. The molecule has 1 aliphatic heterocycles. The summed E-state index contributed by atoms with van der Waals surface area (Å²) >= 11 is 0. The van der Waals surface area contributed by atoms with E-state index >= 15 is 0 Å². The molecule has 4 heteroatoms. The zero-order valence-electron chi connectivity index (χ0n) is 6.03. The number of ether oxygens (including phenoxy) is 1. The number of hydrogen-bond donors (Lipinski definition) is 0. The normalized spacial score (nSPS) is 13.3. The van der Waals surface area contributed by atoms with E-state index in [1.807, 2.05) is 0 Å². The van der Waals surface area contributed by atoms with Crippen LogP contribution in [-0.4, -0.2) is 11.9 Å². The Labute approximate surface area is 94.0 Å². The fourth-order valence-corrected chi connectivity index (χ4v) is 0.971. The van der Waals surface area contributed by atoms with E-state index < -0.39 is 11.9 Å². The van der Waals surface area contributed by atoms with Crippen molar-refractivity contribution < 1.29 is 47.0 Å². The molecule has 1 aromatic rings. The predicted octanol–water partition coefficient (Wildman–Crippen LogP) is 0.795. The van der Waals surface area contributed by atoms with Crippen LogP contribution in [-0.2, 0) is 37.4 Å². The Kier molecular flexibility index (Phi) is 2.75. The van der Waals surface area contributed by atoms with Crippen LogP contribution in [0.15, 0.2) is 18.2 Å². The summed E-state index contributed by atoms with van der Waals surface area (Å²) in [7, 11) is 0. The molecule has 0 amide bonds. The van der Waals surface area contributed by atoms with Crippen molar-refractivity contribution in [2.75, 3.05) is 0 Å². The molecule has 0 fully saturated rings. The molecular formula is C8H3O3Y-. The van der Waals surface area contributed by atoms with Gasteiger partial charge in [0.1, 0.15) is 0 Å². The number of benzene rings is 1. The van der Waals surface area contributed by atoms with Crippen molar-refractivity contribution in [2.24, 2.45) is 0 Å². The molecule has 1 aliphatic rings. The van der Waals surface area contributed by atoms with Gasteiger partial charge in [-0.2, -0.15) is 24.3 Å². The van der Waals surface area contributed by atoms with Gasteiger partial charge in [0.2, 0.25) is 0 Å². The Balaban J connectivity index is 0.000000720. The number of fused-ring (bicyclic) bond motifs is 1. The van der Waals surface area contributed by atoms with Gasteiger partial charge in [0, 0.05) is 32.7 Å². The van der Waals surface area contributed by atoms with E-state index in [1.54, 1.807) is 6.07 Å². The monoisotopic (exact) mass is 236 g/mol. The summed E-state index contributed by atoms with van der Waals surface area (Å²) in [4.78, 5) is 21.6. The van der Waals surface area contributed by atoms with Crippen LogP contribution in [0.5, 0.6) is 0 Å². The van der Waals surface area contributed by atoms with E-state index in [2.05, 4.69) is 10.8 Å². The van der Waals surface area contributed by atoms with Gasteiger partial charge in [0.25, 0.3) is 5.97 Å². The van der Waals surface area contributed by atoms with E-state index in [1.165, 1.54) is 12.1 Å². The zero-order valence-corrected chi connectivity index (χ0v) is 8.87. The van der Waals surface area contributed by atoms with Crippen LogP contribution >= 0.6 is 0 Å². The van der Waals surface area contributed by atoms with Crippen LogP contribution in [0.3, 0.4) is 0 Å². The van der Waals surface area contributed by atoms with Crippen LogP contribution in [0.4, 0.5) is 0 Å². The zero-order chi connectivity index (χ0) is 7.84. The van der Waals surface area contributed by atoms with Crippen molar-refractivity contribution in [3.63, 3.8) is 0 Å². The molecule has 0 spiro atoms. The van der Waals surface area contributed by atoms with Gasteiger partial charge in [-0.15, -0.1) is 0 Å². The van der Waals surface area contributed by atoms with Crippen molar-refractivity contribution in [1.29, 1.82) is 0 Å². The van der Waals surface area contributed by atoms with E-state index in [9.17, 15) is 9.59 Å². The van der Waals surface area contributed by atoms with Gasteiger partial charge in [-0.3, -0.25) is 4.79 Å². The maximum atomic E-state index is 10.8. The maximum Gasteiger partial charge on any atom is 0.321 e. The molecule has 1 radical (unpaired) electrons. The molecule has 0 bridgehead atoms. The average Bonchev–Trinajstić information content (AvgIpc) is 2.30. The first-order valence-electron chi connectivity index (χ1n) is 3.05. The minimum absolute atomic E-state index is 0. The number of hydrogen-bond acceptors (Lipinski definition) is 3. The molecule has 57 valence electrons.